The standard InChI is InChI=1S/C28H31N3O5S/c1-15(21(13-29)27(34)30-14-22-25(32)16(2)26(33)28(35)36-22)23-9-10-24(37-23)19-6-5-18-12-20(31(3)4)8-7-17(18)11-19/h5-12,16,22,25-26,28,32-33,35H,14H2,1-4H3,(H,30,34)/b21-15+/t16-,22+,25-,26+,28?/m0/s1. The fourth-order valence-electron chi connectivity index (χ4n) is 4.38. The molecule has 9 heteroatoms. The Bertz CT molecular complexity index is 1380. The first kappa shape index (κ1) is 26.8. The summed E-state index contributed by atoms with van der Waals surface area (Å²) in [6.07, 6.45) is -4.66. The first-order chi connectivity index (χ1) is 17.6. The number of nitriles is 1. The Morgan fingerprint density at radius 2 is 1.78 bits per heavy atom. The van der Waals surface area contributed by atoms with E-state index in [0.29, 0.717) is 5.57 Å². The number of thiophene rings is 1. The van der Waals surface area contributed by atoms with Gasteiger partial charge in [-0.25, -0.2) is 0 Å². The summed E-state index contributed by atoms with van der Waals surface area (Å²) in [4.78, 5) is 16.7. The highest BCUT2D eigenvalue weighted by Gasteiger charge is 2.41. The van der Waals surface area contributed by atoms with E-state index in [1.165, 1.54) is 11.3 Å². The second-order valence-electron chi connectivity index (χ2n) is 9.53. The van der Waals surface area contributed by atoms with Crippen LogP contribution in [0.15, 0.2) is 54.1 Å². The van der Waals surface area contributed by atoms with Gasteiger partial charge < -0.3 is 30.3 Å². The smallest absolute Gasteiger partial charge is 0.262 e. The van der Waals surface area contributed by atoms with Gasteiger partial charge >= 0.3 is 0 Å². The summed E-state index contributed by atoms with van der Waals surface area (Å²) < 4.78 is 5.23. The summed E-state index contributed by atoms with van der Waals surface area (Å²) in [6, 6.07) is 18.5. The minimum atomic E-state index is -1.46. The van der Waals surface area contributed by atoms with Gasteiger partial charge in [0.15, 0.2) is 6.29 Å². The Morgan fingerprint density at radius 1 is 1.08 bits per heavy atom. The summed E-state index contributed by atoms with van der Waals surface area (Å²) in [5.41, 5.74) is 2.69. The predicted octanol–water partition coefficient (Wildman–Crippen LogP) is 3.12. The van der Waals surface area contributed by atoms with E-state index in [4.69, 9.17) is 4.74 Å². The highest BCUT2D eigenvalue weighted by Crippen LogP contribution is 2.35. The van der Waals surface area contributed by atoms with Crippen LogP contribution in [-0.2, 0) is 9.53 Å². The molecule has 0 radical (unpaired) electrons. The van der Waals surface area contributed by atoms with Crippen LogP contribution < -0.4 is 10.2 Å². The zero-order valence-electron chi connectivity index (χ0n) is 21.2. The number of anilines is 1. The maximum absolute atomic E-state index is 12.8. The quantitative estimate of drug-likeness (QED) is 0.290. The molecular weight excluding hydrogens is 490 g/mol. The number of hydrogen-bond acceptors (Lipinski definition) is 8. The Kier molecular flexibility index (Phi) is 7.97. The molecule has 0 saturated carbocycles. The van der Waals surface area contributed by atoms with Crippen LogP contribution >= 0.6 is 11.3 Å². The number of carbonyl (C=O) groups excluding carboxylic acids is 1. The predicted molar refractivity (Wildman–Crippen MR) is 145 cm³/mol. The van der Waals surface area contributed by atoms with Gasteiger partial charge in [0.05, 0.1) is 6.10 Å². The molecule has 4 N–H and O–H groups in total. The summed E-state index contributed by atoms with van der Waals surface area (Å²) in [7, 11) is 4.02. The number of rotatable bonds is 6. The second kappa shape index (κ2) is 11.0. The molecule has 1 aromatic heterocycles. The van der Waals surface area contributed by atoms with E-state index in [1.54, 1.807) is 13.8 Å². The number of amides is 1. The van der Waals surface area contributed by atoms with Crippen molar-refractivity contribution in [2.24, 2.45) is 5.92 Å². The van der Waals surface area contributed by atoms with Crippen molar-refractivity contribution >= 4 is 39.3 Å². The van der Waals surface area contributed by atoms with Gasteiger partial charge in [0, 0.05) is 42.0 Å². The molecular formula is C28H31N3O5S. The minimum absolute atomic E-state index is 0.0398. The number of nitrogens with zero attached hydrogens (tertiary/aromatic N) is 2. The lowest BCUT2D eigenvalue weighted by molar-refractivity contribution is -0.263. The van der Waals surface area contributed by atoms with Crippen LogP contribution in [0.5, 0.6) is 0 Å². The average molecular weight is 522 g/mol. The molecule has 0 bridgehead atoms. The summed E-state index contributed by atoms with van der Waals surface area (Å²) >= 11 is 1.50. The van der Waals surface area contributed by atoms with E-state index in [2.05, 4.69) is 46.6 Å². The highest BCUT2D eigenvalue weighted by molar-refractivity contribution is 7.16. The molecule has 0 spiro atoms. The second-order valence-corrected chi connectivity index (χ2v) is 10.6. The first-order valence-electron chi connectivity index (χ1n) is 12.0. The van der Waals surface area contributed by atoms with E-state index in [9.17, 15) is 25.4 Å². The van der Waals surface area contributed by atoms with Crippen molar-refractivity contribution in [3.8, 4) is 16.5 Å². The molecule has 5 atom stereocenters. The zero-order valence-corrected chi connectivity index (χ0v) is 22.0. The van der Waals surface area contributed by atoms with Crippen LogP contribution in [-0.4, -0.2) is 66.5 Å². The molecule has 37 heavy (non-hydrogen) atoms. The van der Waals surface area contributed by atoms with Gasteiger partial charge in [0.1, 0.15) is 23.9 Å². The monoisotopic (exact) mass is 521 g/mol. The Hall–Kier alpha value is -3.26. The van der Waals surface area contributed by atoms with Crippen LogP contribution in [0.1, 0.15) is 18.7 Å². The van der Waals surface area contributed by atoms with Gasteiger partial charge in [-0.3, -0.25) is 4.79 Å². The molecule has 2 aromatic carbocycles. The third kappa shape index (κ3) is 5.54. The summed E-state index contributed by atoms with van der Waals surface area (Å²) in [5, 5.41) is 44.6. The summed E-state index contributed by atoms with van der Waals surface area (Å²) in [6.45, 7) is 3.20. The maximum Gasteiger partial charge on any atom is 0.262 e. The van der Waals surface area contributed by atoms with E-state index in [1.807, 2.05) is 32.3 Å². The number of allylic oxidation sites excluding steroid dienone is 1. The molecule has 0 aliphatic carbocycles. The number of aliphatic hydroxyl groups excluding tert-OH is 3. The van der Waals surface area contributed by atoms with Crippen molar-refractivity contribution < 1.29 is 24.9 Å². The van der Waals surface area contributed by atoms with Crippen molar-refractivity contribution in [1.82, 2.24) is 5.32 Å². The number of carbonyl (C=O) groups is 1. The minimum Gasteiger partial charge on any atom is -0.390 e. The Balaban J connectivity index is 1.50. The number of benzene rings is 2. The van der Waals surface area contributed by atoms with Gasteiger partial charge in [-0.15, -0.1) is 11.3 Å². The third-order valence-electron chi connectivity index (χ3n) is 6.84. The largest absolute Gasteiger partial charge is 0.390 e. The van der Waals surface area contributed by atoms with Crippen LogP contribution in [0.4, 0.5) is 5.69 Å². The number of hydrogen-bond donors (Lipinski definition) is 4. The van der Waals surface area contributed by atoms with Crippen LogP contribution in [0.3, 0.4) is 0 Å². The Labute approximate surface area is 220 Å². The summed E-state index contributed by atoms with van der Waals surface area (Å²) in [5.74, 6) is -1.23. The van der Waals surface area contributed by atoms with Crippen molar-refractivity contribution in [3.05, 3.63) is 59.0 Å². The molecule has 2 heterocycles. The molecule has 194 valence electrons. The van der Waals surface area contributed by atoms with Crippen LogP contribution in [0.25, 0.3) is 26.8 Å². The number of fused-ring (bicyclic) bond motifs is 1. The van der Waals surface area contributed by atoms with E-state index in [0.717, 1.165) is 31.8 Å². The van der Waals surface area contributed by atoms with Gasteiger partial charge in [-0.2, -0.15) is 5.26 Å². The Morgan fingerprint density at radius 3 is 2.49 bits per heavy atom. The van der Waals surface area contributed by atoms with Crippen LogP contribution in [0.2, 0.25) is 0 Å². The maximum atomic E-state index is 12.8. The first-order valence-corrected chi connectivity index (χ1v) is 12.8. The van der Waals surface area contributed by atoms with E-state index in [-0.39, 0.29) is 12.1 Å². The number of aliphatic hydroxyl groups is 3. The lowest BCUT2D eigenvalue weighted by Gasteiger charge is -2.39. The van der Waals surface area contributed by atoms with Gasteiger partial charge in [-0.05, 0) is 59.2 Å². The van der Waals surface area contributed by atoms with Crippen molar-refractivity contribution in [1.29, 1.82) is 5.26 Å². The molecule has 1 unspecified atom stereocenters. The molecule has 1 saturated heterocycles. The molecule has 8 nitrogen and oxygen atoms in total. The zero-order chi connectivity index (χ0) is 26.9. The lowest BCUT2D eigenvalue weighted by atomic mass is 9.90. The number of ether oxygens (including phenoxy) is 1. The van der Waals surface area contributed by atoms with E-state index >= 15 is 0 Å². The lowest BCUT2D eigenvalue weighted by Crippen LogP contribution is -2.56. The van der Waals surface area contributed by atoms with Crippen molar-refractivity contribution in [2.75, 3.05) is 25.5 Å². The van der Waals surface area contributed by atoms with Crippen molar-refractivity contribution in [3.63, 3.8) is 0 Å². The van der Waals surface area contributed by atoms with Crippen LogP contribution in [0, 0.1) is 17.2 Å². The molecule has 1 fully saturated rings. The highest BCUT2D eigenvalue weighted by atomic mass is 32.1. The third-order valence-corrected chi connectivity index (χ3v) is 8.10. The molecule has 4 rings (SSSR count). The SMILES string of the molecule is C/C(=C(/C#N)C(=O)NC[C@H]1OC(O)[C@H](O)[C@@H](C)[C@@H]1O)c1ccc(-c2ccc3cc(N(C)C)ccc3c2)s1. The molecule has 1 aliphatic rings. The fraction of sp³-hybridized carbons (Fsp3) is 0.357. The van der Waals surface area contributed by atoms with E-state index < -0.39 is 36.4 Å². The van der Waals surface area contributed by atoms with Gasteiger partial charge in [0.2, 0.25) is 0 Å². The molecule has 1 aliphatic heterocycles. The number of nitrogens with one attached hydrogen (secondary N) is 1. The molecule has 3 aromatic rings. The average Bonchev–Trinajstić information content (AvgIpc) is 3.39. The fourth-order valence-corrected chi connectivity index (χ4v) is 5.39. The van der Waals surface area contributed by atoms with Gasteiger partial charge in [-0.1, -0.05) is 25.1 Å². The van der Waals surface area contributed by atoms with Crippen molar-refractivity contribution in [2.45, 2.75) is 38.4 Å². The topological polar surface area (TPSA) is 126 Å². The molecule has 1 amide bonds. The normalized spacial score (nSPS) is 24.3. The van der Waals surface area contributed by atoms with Gasteiger partial charge in [0.25, 0.3) is 5.91 Å².